The van der Waals surface area contributed by atoms with E-state index in [1.807, 2.05) is 32.0 Å². The topological polar surface area (TPSA) is 85.9 Å². The molecule has 0 bridgehead atoms. The van der Waals surface area contributed by atoms with Crippen molar-refractivity contribution in [1.29, 1.82) is 0 Å². The first-order chi connectivity index (χ1) is 8.00. The van der Waals surface area contributed by atoms with E-state index in [4.69, 9.17) is 0 Å². The van der Waals surface area contributed by atoms with Gasteiger partial charge in [0.2, 0.25) is 5.88 Å². The van der Waals surface area contributed by atoms with Gasteiger partial charge in [0.15, 0.2) is 0 Å². The van der Waals surface area contributed by atoms with Crippen LogP contribution in [0.1, 0.15) is 11.1 Å². The van der Waals surface area contributed by atoms with Gasteiger partial charge in [-0.3, -0.25) is 14.8 Å². The minimum Gasteiger partial charge on any atom is -0.494 e. The van der Waals surface area contributed by atoms with Gasteiger partial charge in [-0.2, -0.15) is 0 Å². The fourth-order valence-corrected chi connectivity index (χ4v) is 1.92. The maximum atomic E-state index is 11.7. The Hall–Kier alpha value is -2.30. The SMILES string of the molecule is Cc1cccc(C)c1-c1c(O)[nH]c(=O)[nH]c1=O. The van der Waals surface area contributed by atoms with Crippen LogP contribution in [0.15, 0.2) is 27.8 Å². The van der Waals surface area contributed by atoms with Gasteiger partial charge in [0.25, 0.3) is 5.56 Å². The van der Waals surface area contributed by atoms with Gasteiger partial charge in [0.05, 0.1) is 0 Å². The third-order valence-corrected chi connectivity index (χ3v) is 2.65. The average Bonchev–Trinajstić information content (AvgIpc) is 2.21. The van der Waals surface area contributed by atoms with Crippen LogP contribution in [0.3, 0.4) is 0 Å². The van der Waals surface area contributed by atoms with Crippen LogP contribution in [0.25, 0.3) is 11.1 Å². The molecule has 0 spiro atoms. The molecule has 0 aliphatic heterocycles. The van der Waals surface area contributed by atoms with Gasteiger partial charge in [0.1, 0.15) is 5.56 Å². The van der Waals surface area contributed by atoms with E-state index >= 15 is 0 Å². The molecule has 5 heteroatoms. The van der Waals surface area contributed by atoms with E-state index in [0.29, 0.717) is 5.56 Å². The van der Waals surface area contributed by atoms with Crippen LogP contribution in [0.2, 0.25) is 0 Å². The number of H-pyrrole nitrogens is 2. The molecule has 0 saturated carbocycles. The molecule has 17 heavy (non-hydrogen) atoms. The van der Waals surface area contributed by atoms with Crippen LogP contribution in [0.5, 0.6) is 5.88 Å². The molecule has 1 heterocycles. The first-order valence-electron chi connectivity index (χ1n) is 5.13. The number of nitrogens with one attached hydrogen (secondary N) is 2. The quantitative estimate of drug-likeness (QED) is 0.687. The normalized spacial score (nSPS) is 10.5. The fraction of sp³-hybridized carbons (Fsp3) is 0.167. The summed E-state index contributed by atoms with van der Waals surface area (Å²) in [7, 11) is 0. The molecule has 0 aliphatic rings. The Bertz CT molecular complexity index is 663. The van der Waals surface area contributed by atoms with E-state index < -0.39 is 17.1 Å². The van der Waals surface area contributed by atoms with Gasteiger partial charge in [0, 0.05) is 0 Å². The smallest absolute Gasteiger partial charge is 0.328 e. The molecule has 88 valence electrons. The maximum Gasteiger partial charge on any atom is 0.328 e. The summed E-state index contributed by atoms with van der Waals surface area (Å²) in [4.78, 5) is 27.0. The number of aryl methyl sites for hydroxylation is 2. The summed E-state index contributed by atoms with van der Waals surface area (Å²) < 4.78 is 0. The van der Waals surface area contributed by atoms with Crippen molar-refractivity contribution in [1.82, 2.24) is 9.97 Å². The van der Waals surface area contributed by atoms with Gasteiger partial charge in [-0.15, -0.1) is 0 Å². The monoisotopic (exact) mass is 232 g/mol. The minimum absolute atomic E-state index is 0.0974. The van der Waals surface area contributed by atoms with Gasteiger partial charge in [-0.25, -0.2) is 4.79 Å². The van der Waals surface area contributed by atoms with E-state index in [2.05, 4.69) is 9.97 Å². The van der Waals surface area contributed by atoms with Gasteiger partial charge in [-0.1, -0.05) is 18.2 Å². The zero-order chi connectivity index (χ0) is 12.6. The molecule has 2 rings (SSSR count). The second-order valence-electron chi connectivity index (χ2n) is 3.90. The van der Waals surface area contributed by atoms with Gasteiger partial charge >= 0.3 is 5.69 Å². The number of rotatable bonds is 1. The summed E-state index contributed by atoms with van der Waals surface area (Å²) >= 11 is 0. The lowest BCUT2D eigenvalue weighted by Crippen LogP contribution is -2.23. The predicted molar refractivity (Wildman–Crippen MR) is 64.3 cm³/mol. The number of benzene rings is 1. The molecule has 1 aromatic heterocycles. The van der Waals surface area contributed by atoms with Crippen LogP contribution >= 0.6 is 0 Å². The molecule has 5 nitrogen and oxygen atoms in total. The second-order valence-corrected chi connectivity index (χ2v) is 3.90. The second kappa shape index (κ2) is 3.93. The van der Waals surface area contributed by atoms with Crippen molar-refractivity contribution in [3.8, 4) is 17.0 Å². The van der Waals surface area contributed by atoms with Crippen molar-refractivity contribution in [2.24, 2.45) is 0 Å². The Labute approximate surface area is 96.8 Å². The molecule has 0 saturated heterocycles. The number of aromatic nitrogens is 2. The predicted octanol–water partition coefficient (Wildman–Crippen LogP) is 1.05. The minimum atomic E-state index is -0.720. The summed E-state index contributed by atoms with van der Waals surface area (Å²) in [5, 5.41) is 9.70. The zero-order valence-corrected chi connectivity index (χ0v) is 9.50. The van der Waals surface area contributed by atoms with Crippen molar-refractivity contribution in [2.75, 3.05) is 0 Å². The largest absolute Gasteiger partial charge is 0.494 e. The third kappa shape index (κ3) is 1.87. The highest BCUT2D eigenvalue weighted by molar-refractivity contribution is 5.73. The molecule has 0 radical (unpaired) electrons. The first-order valence-corrected chi connectivity index (χ1v) is 5.13. The molecule has 0 aliphatic carbocycles. The van der Waals surface area contributed by atoms with Crippen molar-refractivity contribution in [3.63, 3.8) is 0 Å². The lowest BCUT2D eigenvalue weighted by Gasteiger charge is -2.09. The van der Waals surface area contributed by atoms with E-state index in [1.54, 1.807) is 0 Å². The highest BCUT2D eigenvalue weighted by atomic mass is 16.3. The summed E-state index contributed by atoms with van der Waals surface area (Å²) in [6, 6.07) is 5.55. The van der Waals surface area contributed by atoms with E-state index in [-0.39, 0.29) is 5.56 Å². The van der Waals surface area contributed by atoms with Crippen molar-refractivity contribution in [2.45, 2.75) is 13.8 Å². The Morgan fingerprint density at radius 2 is 1.59 bits per heavy atom. The lowest BCUT2D eigenvalue weighted by atomic mass is 9.97. The van der Waals surface area contributed by atoms with Crippen LogP contribution in [-0.4, -0.2) is 15.1 Å². The van der Waals surface area contributed by atoms with Crippen LogP contribution in [0, 0.1) is 13.8 Å². The molecular weight excluding hydrogens is 220 g/mol. The molecule has 0 unspecified atom stereocenters. The van der Waals surface area contributed by atoms with Gasteiger partial charge < -0.3 is 5.11 Å². The summed E-state index contributed by atoms with van der Waals surface area (Å²) in [6.07, 6.45) is 0. The Balaban J connectivity index is 2.87. The fourth-order valence-electron chi connectivity index (χ4n) is 1.92. The Morgan fingerprint density at radius 3 is 2.12 bits per heavy atom. The third-order valence-electron chi connectivity index (χ3n) is 2.65. The standard InChI is InChI=1S/C12H12N2O3/c1-6-4-3-5-7(2)8(6)9-10(15)13-12(17)14-11(9)16/h3-5H,1-2H3,(H3,13,14,15,16,17). The van der Waals surface area contributed by atoms with Crippen molar-refractivity contribution in [3.05, 3.63) is 50.2 Å². The Morgan fingerprint density at radius 1 is 1.00 bits per heavy atom. The molecular formula is C12H12N2O3. The molecule has 3 N–H and O–H groups in total. The summed E-state index contributed by atoms with van der Waals surface area (Å²) in [5.41, 5.74) is 1.14. The van der Waals surface area contributed by atoms with Crippen LogP contribution in [0.4, 0.5) is 0 Å². The summed E-state index contributed by atoms with van der Waals surface area (Å²) in [5.74, 6) is -0.406. The van der Waals surface area contributed by atoms with Gasteiger partial charge in [-0.05, 0) is 30.5 Å². The highest BCUT2D eigenvalue weighted by Crippen LogP contribution is 2.28. The van der Waals surface area contributed by atoms with Crippen molar-refractivity contribution < 1.29 is 5.11 Å². The van der Waals surface area contributed by atoms with Crippen molar-refractivity contribution >= 4 is 0 Å². The zero-order valence-electron chi connectivity index (χ0n) is 9.50. The molecule has 1 aromatic carbocycles. The van der Waals surface area contributed by atoms with E-state index in [0.717, 1.165) is 11.1 Å². The molecule has 0 fully saturated rings. The highest BCUT2D eigenvalue weighted by Gasteiger charge is 2.15. The van der Waals surface area contributed by atoms with Crippen LogP contribution in [-0.2, 0) is 0 Å². The lowest BCUT2D eigenvalue weighted by molar-refractivity contribution is 0.451. The molecule has 0 atom stereocenters. The average molecular weight is 232 g/mol. The number of hydrogen-bond acceptors (Lipinski definition) is 3. The first kappa shape index (κ1) is 11.2. The summed E-state index contributed by atoms with van der Waals surface area (Å²) in [6.45, 7) is 3.68. The van der Waals surface area contributed by atoms with E-state index in [1.165, 1.54) is 0 Å². The number of hydrogen-bond donors (Lipinski definition) is 3. The van der Waals surface area contributed by atoms with E-state index in [9.17, 15) is 14.7 Å². The van der Waals surface area contributed by atoms with Crippen LogP contribution < -0.4 is 11.2 Å². The number of aromatic hydroxyl groups is 1. The Kier molecular flexibility index (Phi) is 2.59. The maximum absolute atomic E-state index is 11.7. The number of aromatic amines is 2. The molecule has 2 aromatic rings. The molecule has 0 amide bonds.